The van der Waals surface area contributed by atoms with Crippen LogP contribution in [-0.4, -0.2) is 35.5 Å². The van der Waals surface area contributed by atoms with Gasteiger partial charge in [0.2, 0.25) is 0 Å². The van der Waals surface area contributed by atoms with E-state index in [1.54, 1.807) is 0 Å². The first-order valence-electron chi connectivity index (χ1n) is 4.71. The molecule has 1 atom stereocenters. The van der Waals surface area contributed by atoms with Gasteiger partial charge in [-0.05, 0) is 18.8 Å². The lowest BCUT2D eigenvalue weighted by atomic mass is 10.0. The molecule has 1 saturated carbocycles. The molecule has 0 heterocycles. The van der Waals surface area contributed by atoms with Crippen LogP contribution in [0.1, 0.15) is 25.7 Å². The highest BCUT2D eigenvalue weighted by Gasteiger charge is 2.30. The first-order chi connectivity index (χ1) is 6.25. The van der Waals surface area contributed by atoms with Gasteiger partial charge in [0, 0.05) is 0 Å². The number of carboxylic acid groups (broad SMARTS) is 1. The predicted octanol–water partition coefficient (Wildman–Crippen LogP) is 0.639. The minimum Gasteiger partial charge on any atom is -0.479 e. The summed E-state index contributed by atoms with van der Waals surface area (Å²) in [7, 11) is 0. The van der Waals surface area contributed by atoms with E-state index in [1.807, 2.05) is 0 Å². The predicted molar refractivity (Wildman–Crippen MR) is 46.4 cm³/mol. The Morgan fingerprint density at radius 3 is 2.54 bits per heavy atom. The molecule has 0 aromatic carbocycles. The van der Waals surface area contributed by atoms with Gasteiger partial charge < -0.3 is 14.9 Å². The monoisotopic (exact) mass is 188 g/mol. The summed E-state index contributed by atoms with van der Waals surface area (Å²) >= 11 is 0. The highest BCUT2D eigenvalue weighted by Crippen LogP contribution is 2.29. The first-order valence-corrected chi connectivity index (χ1v) is 4.71. The summed E-state index contributed by atoms with van der Waals surface area (Å²) in [6, 6.07) is 0. The van der Waals surface area contributed by atoms with Crippen molar-refractivity contribution >= 4 is 5.97 Å². The molecule has 0 aromatic heterocycles. The molecule has 0 radical (unpaired) electrons. The largest absolute Gasteiger partial charge is 0.479 e. The van der Waals surface area contributed by atoms with Gasteiger partial charge in [0.1, 0.15) is 0 Å². The number of carboxylic acids is 1. The number of rotatable bonds is 5. The van der Waals surface area contributed by atoms with Crippen molar-refractivity contribution in [1.82, 2.24) is 0 Å². The Balaban J connectivity index is 2.40. The Morgan fingerprint density at radius 1 is 1.46 bits per heavy atom. The Labute approximate surface area is 77.5 Å². The van der Waals surface area contributed by atoms with Crippen molar-refractivity contribution in [2.45, 2.75) is 31.8 Å². The third-order valence-electron chi connectivity index (χ3n) is 2.46. The molecule has 0 saturated heterocycles. The van der Waals surface area contributed by atoms with E-state index in [-0.39, 0.29) is 19.1 Å². The molecule has 0 aromatic rings. The quantitative estimate of drug-likeness (QED) is 0.664. The molecule has 13 heavy (non-hydrogen) atoms. The Hall–Kier alpha value is -0.610. The van der Waals surface area contributed by atoms with Crippen LogP contribution >= 0.6 is 0 Å². The van der Waals surface area contributed by atoms with Gasteiger partial charge in [-0.25, -0.2) is 4.79 Å². The molecule has 0 spiro atoms. The molecule has 4 heteroatoms. The van der Waals surface area contributed by atoms with Crippen molar-refractivity contribution in [1.29, 1.82) is 0 Å². The van der Waals surface area contributed by atoms with Gasteiger partial charge in [0.15, 0.2) is 6.10 Å². The van der Waals surface area contributed by atoms with E-state index >= 15 is 0 Å². The second kappa shape index (κ2) is 5.19. The summed E-state index contributed by atoms with van der Waals surface area (Å²) in [5.74, 6) is -0.760. The van der Waals surface area contributed by atoms with E-state index in [0.29, 0.717) is 0 Å². The summed E-state index contributed by atoms with van der Waals surface area (Å²) in [5.41, 5.74) is 0. The van der Waals surface area contributed by atoms with Crippen molar-refractivity contribution in [2.75, 3.05) is 13.2 Å². The van der Waals surface area contributed by atoms with Crippen LogP contribution in [-0.2, 0) is 9.53 Å². The van der Waals surface area contributed by atoms with E-state index in [4.69, 9.17) is 14.9 Å². The SMILES string of the molecule is O=C(O)C(OCCO)C1CCCC1. The molecule has 1 rings (SSSR count). The first kappa shape index (κ1) is 10.5. The molecular formula is C9H16O4. The maximum Gasteiger partial charge on any atom is 0.333 e. The van der Waals surface area contributed by atoms with Crippen LogP contribution in [0.4, 0.5) is 0 Å². The Bertz CT molecular complexity index is 163. The fourth-order valence-electron chi connectivity index (χ4n) is 1.85. The third kappa shape index (κ3) is 2.97. The average Bonchev–Trinajstić information content (AvgIpc) is 2.57. The van der Waals surface area contributed by atoms with Crippen molar-refractivity contribution in [3.63, 3.8) is 0 Å². The van der Waals surface area contributed by atoms with E-state index in [2.05, 4.69) is 0 Å². The number of aliphatic hydroxyl groups is 1. The molecule has 1 fully saturated rings. The van der Waals surface area contributed by atoms with Crippen LogP contribution in [0.25, 0.3) is 0 Å². The van der Waals surface area contributed by atoms with Crippen molar-refractivity contribution in [3.05, 3.63) is 0 Å². The number of carbonyl (C=O) groups is 1. The van der Waals surface area contributed by atoms with Crippen LogP contribution in [0.5, 0.6) is 0 Å². The van der Waals surface area contributed by atoms with Gasteiger partial charge >= 0.3 is 5.97 Å². The minimum absolute atomic E-state index is 0.115. The van der Waals surface area contributed by atoms with Crippen LogP contribution < -0.4 is 0 Å². The smallest absolute Gasteiger partial charge is 0.333 e. The molecule has 1 aliphatic rings. The molecule has 4 nitrogen and oxygen atoms in total. The Kier molecular flexibility index (Phi) is 4.18. The second-order valence-electron chi connectivity index (χ2n) is 3.40. The van der Waals surface area contributed by atoms with Gasteiger partial charge in [-0.1, -0.05) is 12.8 Å². The van der Waals surface area contributed by atoms with Gasteiger partial charge in [0.05, 0.1) is 13.2 Å². The highest BCUT2D eigenvalue weighted by atomic mass is 16.5. The summed E-state index contributed by atoms with van der Waals surface area (Å²) in [6.07, 6.45) is 3.34. The summed E-state index contributed by atoms with van der Waals surface area (Å²) < 4.78 is 5.09. The normalized spacial score (nSPS) is 20.4. The van der Waals surface area contributed by atoms with Gasteiger partial charge in [-0.3, -0.25) is 0 Å². The van der Waals surface area contributed by atoms with Gasteiger partial charge in [-0.2, -0.15) is 0 Å². The molecule has 0 aliphatic heterocycles. The summed E-state index contributed by atoms with van der Waals surface area (Å²) in [4.78, 5) is 10.8. The van der Waals surface area contributed by atoms with Crippen LogP contribution in [0, 0.1) is 5.92 Å². The zero-order valence-electron chi connectivity index (χ0n) is 7.61. The van der Waals surface area contributed by atoms with Gasteiger partial charge in [-0.15, -0.1) is 0 Å². The van der Waals surface area contributed by atoms with E-state index < -0.39 is 12.1 Å². The van der Waals surface area contributed by atoms with Gasteiger partial charge in [0.25, 0.3) is 0 Å². The molecule has 76 valence electrons. The zero-order valence-corrected chi connectivity index (χ0v) is 7.61. The van der Waals surface area contributed by atoms with Crippen LogP contribution in [0.15, 0.2) is 0 Å². The molecule has 2 N–H and O–H groups in total. The minimum atomic E-state index is -0.902. The fraction of sp³-hybridized carbons (Fsp3) is 0.889. The molecule has 1 aliphatic carbocycles. The fourth-order valence-corrected chi connectivity index (χ4v) is 1.85. The number of aliphatic carboxylic acids is 1. The van der Waals surface area contributed by atoms with Crippen molar-refractivity contribution in [2.24, 2.45) is 5.92 Å². The average molecular weight is 188 g/mol. The number of hydrogen-bond donors (Lipinski definition) is 2. The lowest BCUT2D eigenvalue weighted by molar-refractivity contribution is -0.154. The molecule has 0 bridgehead atoms. The molecule has 0 amide bonds. The highest BCUT2D eigenvalue weighted by molar-refractivity contribution is 5.72. The van der Waals surface area contributed by atoms with Crippen molar-refractivity contribution < 1.29 is 19.7 Å². The lowest BCUT2D eigenvalue weighted by Crippen LogP contribution is -2.32. The molecule has 1 unspecified atom stereocenters. The van der Waals surface area contributed by atoms with Crippen molar-refractivity contribution in [3.8, 4) is 0 Å². The topological polar surface area (TPSA) is 66.8 Å². The lowest BCUT2D eigenvalue weighted by Gasteiger charge is -2.18. The van der Waals surface area contributed by atoms with Crippen LogP contribution in [0.3, 0.4) is 0 Å². The van der Waals surface area contributed by atoms with E-state index in [9.17, 15) is 4.79 Å². The maximum absolute atomic E-state index is 10.8. The van der Waals surface area contributed by atoms with E-state index in [1.165, 1.54) is 0 Å². The Morgan fingerprint density at radius 2 is 2.08 bits per heavy atom. The number of ether oxygens (including phenoxy) is 1. The van der Waals surface area contributed by atoms with Crippen LogP contribution in [0.2, 0.25) is 0 Å². The van der Waals surface area contributed by atoms with E-state index in [0.717, 1.165) is 25.7 Å². The summed E-state index contributed by atoms with van der Waals surface area (Å²) in [5, 5.41) is 17.4. The second-order valence-corrected chi connectivity index (χ2v) is 3.40. The maximum atomic E-state index is 10.8. The zero-order chi connectivity index (χ0) is 9.68. The summed E-state index contributed by atoms with van der Waals surface area (Å²) in [6.45, 7) is 0.00394. The standard InChI is InChI=1S/C9H16O4/c10-5-6-13-8(9(11)12)7-3-1-2-4-7/h7-8,10H,1-6H2,(H,11,12). The number of hydrogen-bond acceptors (Lipinski definition) is 3. The number of aliphatic hydroxyl groups excluding tert-OH is 1. The molecular weight excluding hydrogens is 172 g/mol. The third-order valence-corrected chi connectivity index (χ3v) is 2.46.